The van der Waals surface area contributed by atoms with Gasteiger partial charge in [0.25, 0.3) is 0 Å². The second kappa shape index (κ2) is 8.98. The monoisotopic (exact) mass is 300 g/mol. The van der Waals surface area contributed by atoms with Gasteiger partial charge in [-0.15, -0.1) is 0 Å². The van der Waals surface area contributed by atoms with Crippen molar-refractivity contribution in [1.29, 1.82) is 5.26 Å². The Hall–Kier alpha value is -2.06. The molecule has 0 atom stereocenters. The molecule has 0 saturated heterocycles. The number of pyridine rings is 1. The van der Waals surface area contributed by atoms with Gasteiger partial charge in [-0.25, -0.2) is 0 Å². The van der Waals surface area contributed by atoms with Crippen LogP contribution in [0.15, 0.2) is 46.6 Å². The Kier molecular flexibility index (Phi) is 7.27. The van der Waals surface area contributed by atoms with Gasteiger partial charge < -0.3 is 5.32 Å². The number of hydrogen-bond donors (Lipinski definition) is 1. The van der Waals surface area contributed by atoms with Crippen molar-refractivity contribution in [2.75, 3.05) is 7.05 Å². The predicted molar refractivity (Wildman–Crippen MR) is 89.9 cm³/mol. The van der Waals surface area contributed by atoms with E-state index >= 15 is 0 Å². The van der Waals surface area contributed by atoms with Crippen LogP contribution in [0.3, 0.4) is 0 Å². The van der Waals surface area contributed by atoms with Crippen LogP contribution in [0.2, 0.25) is 0 Å². The summed E-state index contributed by atoms with van der Waals surface area (Å²) in [5.41, 5.74) is 3.36. The third-order valence-corrected chi connectivity index (χ3v) is 3.84. The molecular weight excluding hydrogens is 280 g/mol. The molecule has 0 aliphatic rings. The second-order valence-corrected chi connectivity index (χ2v) is 5.34. The van der Waals surface area contributed by atoms with Crippen LogP contribution in [0.4, 0.5) is 0 Å². The van der Waals surface area contributed by atoms with Gasteiger partial charge in [0.05, 0.1) is 11.3 Å². The van der Waals surface area contributed by atoms with Gasteiger partial charge in [-0.2, -0.15) is 5.26 Å². The average Bonchev–Trinajstić information content (AvgIpc) is 2.51. The van der Waals surface area contributed by atoms with E-state index in [1.807, 2.05) is 0 Å². The van der Waals surface area contributed by atoms with Crippen molar-refractivity contribution in [3.8, 4) is 6.07 Å². The highest BCUT2D eigenvalue weighted by Crippen LogP contribution is 2.13. The number of nitrogens with one attached hydrogen (secondary N) is 1. The average molecular weight is 300 g/mol. The zero-order chi connectivity index (χ0) is 15.7. The SMILES string of the molecule is C=C(Cc1ncccc1C#N)NC(=NC)SC=C(C)CC. The molecule has 0 unspecified atom stereocenters. The number of nitrogens with zero attached hydrogens (tertiary/aromatic N) is 3. The van der Waals surface area contributed by atoms with Gasteiger partial charge in [-0.05, 0) is 30.9 Å². The maximum Gasteiger partial charge on any atom is 0.164 e. The molecule has 0 aliphatic carbocycles. The fraction of sp³-hybridized carbons (Fsp3) is 0.312. The molecule has 0 aliphatic heterocycles. The van der Waals surface area contributed by atoms with Crippen LogP contribution in [0.5, 0.6) is 0 Å². The Morgan fingerprint density at radius 2 is 2.38 bits per heavy atom. The Balaban J connectivity index is 2.66. The standard InChI is InChI=1S/C16H20N4S/c1-5-12(2)11-21-16(18-4)20-13(3)9-15-14(10-17)7-6-8-19-15/h6-8,11H,3,5,9H2,1-2,4H3,(H,18,20). The summed E-state index contributed by atoms with van der Waals surface area (Å²) in [7, 11) is 1.74. The van der Waals surface area contributed by atoms with Crippen LogP contribution in [-0.2, 0) is 6.42 Å². The van der Waals surface area contributed by atoms with E-state index in [0.29, 0.717) is 12.0 Å². The molecule has 0 amide bonds. The lowest BCUT2D eigenvalue weighted by atomic mass is 10.1. The van der Waals surface area contributed by atoms with E-state index in [4.69, 9.17) is 5.26 Å². The molecule has 1 heterocycles. The van der Waals surface area contributed by atoms with Crippen molar-refractivity contribution in [2.24, 2.45) is 4.99 Å². The van der Waals surface area contributed by atoms with Crippen molar-refractivity contribution >= 4 is 16.9 Å². The number of amidine groups is 1. The maximum absolute atomic E-state index is 9.06. The first-order chi connectivity index (χ1) is 10.1. The number of nitriles is 1. The summed E-state index contributed by atoms with van der Waals surface area (Å²) in [5.74, 6) is 0. The lowest BCUT2D eigenvalue weighted by molar-refractivity contribution is 0.970. The predicted octanol–water partition coefficient (Wildman–Crippen LogP) is 3.63. The summed E-state index contributed by atoms with van der Waals surface area (Å²) in [4.78, 5) is 8.42. The molecule has 4 nitrogen and oxygen atoms in total. The second-order valence-electron chi connectivity index (χ2n) is 4.48. The van der Waals surface area contributed by atoms with Crippen molar-refractivity contribution < 1.29 is 0 Å². The quantitative estimate of drug-likeness (QED) is 0.666. The third kappa shape index (κ3) is 5.84. The number of aromatic nitrogens is 1. The molecule has 1 rings (SSSR count). The van der Waals surface area contributed by atoms with E-state index < -0.39 is 0 Å². The van der Waals surface area contributed by atoms with Gasteiger partial charge in [-0.1, -0.05) is 30.8 Å². The number of aliphatic imine (C=N–C) groups is 1. The Morgan fingerprint density at radius 1 is 1.62 bits per heavy atom. The highest BCUT2D eigenvalue weighted by atomic mass is 32.2. The zero-order valence-electron chi connectivity index (χ0n) is 12.7. The molecule has 0 radical (unpaired) electrons. The van der Waals surface area contributed by atoms with E-state index in [9.17, 15) is 0 Å². The van der Waals surface area contributed by atoms with Gasteiger partial charge in [-0.3, -0.25) is 9.98 Å². The minimum atomic E-state index is 0.500. The van der Waals surface area contributed by atoms with E-state index in [1.165, 1.54) is 17.3 Å². The lowest BCUT2D eigenvalue weighted by Crippen LogP contribution is -2.20. The summed E-state index contributed by atoms with van der Waals surface area (Å²) in [5, 5.41) is 15.1. The minimum Gasteiger partial charge on any atom is -0.339 e. The number of thioether (sulfide) groups is 1. The van der Waals surface area contributed by atoms with Gasteiger partial charge in [0, 0.05) is 25.4 Å². The Bertz CT molecular complexity index is 597. The molecule has 0 spiro atoms. The van der Waals surface area contributed by atoms with Crippen LogP contribution in [-0.4, -0.2) is 17.2 Å². The molecule has 0 bridgehead atoms. The summed E-state index contributed by atoms with van der Waals surface area (Å²) in [6.07, 6.45) is 3.20. The highest BCUT2D eigenvalue weighted by Gasteiger charge is 2.06. The molecular formula is C16H20N4S. The summed E-state index contributed by atoms with van der Waals surface area (Å²) >= 11 is 1.53. The summed E-state index contributed by atoms with van der Waals surface area (Å²) in [6.45, 7) is 8.19. The third-order valence-electron chi connectivity index (χ3n) is 2.81. The van der Waals surface area contributed by atoms with Gasteiger partial charge in [0.15, 0.2) is 5.17 Å². The smallest absolute Gasteiger partial charge is 0.164 e. The molecule has 1 N–H and O–H groups in total. The fourth-order valence-electron chi connectivity index (χ4n) is 1.46. The van der Waals surface area contributed by atoms with Crippen molar-refractivity contribution in [3.63, 3.8) is 0 Å². The number of rotatable bonds is 5. The van der Waals surface area contributed by atoms with Gasteiger partial charge in [0.1, 0.15) is 6.07 Å². The largest absolute Gasteiger partial charge is 0.339 e. The van der Waals surface area contributed by atoms with Crippen molar-refractivity contribution in [2.45, 2.75) is 26.7 Å². The van der Waals surface area contributed by atoms with Crippen molar-refractivity contribution in [3.05, 3.63) is 52.8 Å². The van der Waals surface area contributed by atoms with Crippen LogP contribution in [0.1, 0.15) is 31.5 Å². The molecule has 1 aromatic heterocycles. The Morgan fingerprint density at radius 3 is 3.00 bits per heavy atom. The molecule has 1 aromatic rings. The first-order valence-corrected chi connectivity index (χ1v) is 7.56. The van der Waals surface area contributed by atoms with E-state index in [0.717, 1.165) is 23.0 Å². The maximum atomic E-state index is 9.06. The number of hydrogen-bond acceptors (Lipinski definition) is 4. The van der Waals surface area contributed by atoms with Crippen molar-refractivity contribution in [1.82, 2.24) is 10.3 Å². The first-order valence-electron chi connectivity index (χ1n) is 6.68. The molecule has 0 fully saturated rings. The van der Waals surface area contributed by atoms with E-state index in [2.05, 4.69) is 47.2 Å². The molecule has 5 heteroatoms. The highest BCUT2D eigenvalue weighted by molar-refractivity contribution is 8.16. The first kappa shape index (κ1) is 17.0. The molecule has 21 heavy (non-hydrogen) atoms. The molecule has 0 aromatic carbocycles. The zero-order valence-corrected chi connectivity index (χ0v) is 13.5. The van der Waals surface area contributed by atoms with Gasteiger partial charge in [0.2, 0.25) is 0 Å². The normalized spacial score (nSPS) is 11.9. The summed E-state index contributed by atoms with van der Waals surface area (Å²) < 4.78 is 0. The van der Waals surface area contributed by atoms with Crippen LogP contribution in [0, 0.1) is 11.3 Å². The van der Waals surface area contributed by atoms with Crippen LogP contribution < -0.4 is 5.32 Å². The van der Waals surface area contributed by atoms with E-state index in [-0.39, 0.29) is 0 Å². The Labute approximate surface area is 130 Å². The molecule has 0 saturated carbocycles. The van der Waals surface area contributed by atoms with Gasteiger partial charge >= 0.3 is 0 Å². The number of allylic oxidation sites excluding steroid dienone is 2. The van der Waals surface area contributed by atoms with E-state index in [1.54, 1.807) is 25.4 Å². The topological polar surface area (TPSA) is 61.1 Å². The summed E-state index contributed by atoms with van der Waals surface area (Å²) in [6, 6.07) is 5.65. The van der Waals surface area contributed by atoms with Crippen LogP contribution in [0.25, 0.3) is 0 Å². The minimum absolute atomic E-state index is 0.500. The molecule has 110 valence electrons. The van der Waals surface area contributed by atoms with Crippen LogP contribution >= 0.6 is 11.8 Å². The lowest BCUT2D eigenvalue weighted by Gasteiger charge is -2.10. The fourth-order valence-corrected chi connectivity index (χ4v) is 2.24.